The summed E-state index contributed by atoms with van der Waals surface area (Å²) in [6.45, 7) is -2.88. The van der Waals surface area contributed by atoms with Gasteiger partial charge in [-0.2, -0.15) is 17.2 Å². The Bertz CT molecular complexity index is 909. The van der Waals surface area contributed by atoms with E-state index >= 15 is 0 Å². The van der Waals surface area contributed by atoms with Crippen molar-refractivity contribution in [2.45, 2.75) is 5.25 Å². The number of hydrogen-bond donors (Lipinski definition) is 1. The fraction of sp³-hybridized carbons (Fsp3) is 0.200. The molecular formula is C15H12F2O7S. The summed E-state index contributed by atoms with van der Waals surface area (Å²) in [7, 11) is -5.71. The number of halogens is 2. The van der Waals surface area contributed by atoms with Gasteiger partial charge >= 0.3 is 27.3 Å². The van der Waals surface area contributed by atoms with Crippen LogP contribution in [0.1, 0.15) is 10.4 Å². The summed E-state index contributed by atoms with van der Waals surface area (Å²) in [6.07, 6.45) is 0. The number of alkyl halides is 2. The second-order valence-corrected chi connectivity index (χ2v) is 6.46. The molecule has 25 heavy (non-hydrogen) atoms. The summed E-state index contributed by atoms with van der Waals surface area (Å²) in [5, 5.41) is -3.01. The van der Waals surface area contributed by atoms with E-state index in [9.17, 15) is 26.8 Å². The molecule has 0 aliphatic carbocycles. The predicted octanol–water partition coefficient (Wildman–Crippen LogP) is 2.02. The number of fused-ring (bicyclic) bond motifs is 1. The van der Waals surface area contributed by atoms with E-state index in [-0.39, 0.29) is 5.56 Å². The van der Waals surface area contributed by atoms with Gasteiger partial charge in [0.15, 0.2) is 13.2 Å². The van der Waals surface area contributed by atoms with Gasteiger partial charge in [-0.25, -0.2) is 9.59 Å². The molecule has 0 aliphatic rings. The minimum Gasteiger partial charge on any atom is -0.455 e. The quantitative estimate of drug-likeness (QED) is 0.609. The lowest BCUT2D eigenvalue weighted by atomic mass is 10.1. The summed E-state index contributed by atoms with van der Waals surface area (Å²) >= 11 is 0. The lowest BCUT2D eigenvalue weighted by Crippen LogP contribution is -2.35. The third kappa shape index (κ3) is 4.70. The van der Waals surface area contributed by atoms with Crippen LogP contribution in [0.2, 0.25) is 0 Å². The van der Waals surface area contributed by atoms with Gasteiger partial charge < -0.3 is 9.47 Å². The van der Waals surface area contributed by atoms with Crippen LogP contribution in [0, 0.1) is 0 Å². The van der Waals surface area contributed by atoms with Crippen molar-refractivity contribution in [1.29, 1.82) is 0 Å². The van der Waals surface area contributed by atoms with Crippen LogP contribution in [-0.2, 0) is 24.4 Å². The van der Waals surface area contributed by atoms with Crippen LogP contribution in [0.15, 0.2) is 42.5 Å². The Morgan fingerprint density at radius 3 is 2.32 bits per heavy atom. The molecule has 0 spiro atoms. The molecule has 1 N–H and O–H groups in total. The van der Waals surface area contributed by atoms with Gasteiger partial charge in [0, 0.05) is 0 Å². The minimum absolute atomic E-state index is 0.134. The molecule has 10 heteroatoms. The molecule has 2 rings (SSSR count). The first-order valence-electron chi connectivity index (χ1n) is 6.76. The topological polar surface area (TPSA) is 107 Å². The van der Waals surface area contributed by atoms with Crippen molar-refractivity contribution >= 4 is 32.8 Å². The highest BCUT2D eigenvalue weighted by molar-refractivity contribution is 7.86. The predicted molar refractivity (Wildman–Crippen MR) is 81.7 cm³/mol. The van der Waals surface area contributed by atoms with E-state index in [1.165, 1.54) is 12.1 Å². The van der Waals surface area contributed by atoms with E-state index < -0.39 is 40.5 Å². The molecule has 0 heterocycles. The molecule has 0 aromatic heterocycles. The van der Waals surface area contributed by atoms with Gasteiger partial charge in [0.05, 0.1) is 5.56 Å². The van der Waals surface area contributed by atoms with Crippen LogP contribution in [0.25, 0.3) is 10.8 Å². The SMILES string of the molecule is O=C(COC(=O)c1ccc2ccccc2c1)OCC(F)(F)S(=O)(=O)O. The highest BCUT2D eigenvalue weighted by Crippen LogP contribution is 2.20. The van der Waals surface area contributed by atoms with Crippen molar-refractivity contribution < 1.29 is 40.8 Å². The standard InChI is InChI=1S/C15H12F2O7S/c16-15(17,25(20,21)22)9-24-13(18)8-23-14(19)12-6-5-10-3-1-2-4-11(10)7-12/h1-7H,8-9H2,(H,20,21,22). The van der Waals surface area contributed by atoms with Crippen LogP contribution in [0.4, 0.5) is 8.78 Å². The molecule has 0 saturated heterocycles. The molecule has 0 fully saturated rings. The number of esters is 2. The second-order valence-electron chi connectivity index (χ2n) is 4.91. The largest absolute Gasteiger partial charge is 0.455 e. The number of rotatable bonds is 6. The Balaban J connectivity index is 1.91. The first-order valence-corrected chi connectivity index (χ1v) is 8.20. The molecule has 7 nitrogen and oxygen atoms in total. The lowest BCUT2D eigenvalue weighted by molar-refractivity contribution is -0.153. The van der Waals surface area contributed by atoms with Crippen molar-refractivity contribution in [3.63, 3.8) is 0 Å². The van der Waals surface area contributed by atoms with Crippen LogP contribution >= 0.6 is 0 Å². The number of benzene rings is 2. The number of hydrogen-bond acceptors (Lipinski definition) is 6. The third-order valence-corrected chi connectivity index (χ3v) is 3.96. The number of carbonyl (C=O) groups is 2. The van der Waals surface area contributed by atoms with E-state index in [0.717, 1.165) is 10.8 Å². The van der Waals surface area contributed by atoms with Crippen molar-refractivity contribution in [1.82, 2.24) is 0 Å². The maximum Gasteiger partial charge on any atom is 0.402 e. The molecule has 134 valence electrons. The van der Waals surface area contributed by atoms with E-state index in [1.807, 2.05) is 12.1 Å². The van der Waals surface area contributed by atoms with E-state index in [1.54, 1.807) is 18.2 Å². The number of ether oxygens (including phenoxy) is 2. The summed E-state index contributed by atoms with van der Waals surface area (Å²) in [5.74, 6) is -2.28. The van der Waals surface area contributed by atoms with E-state index in [2.05, 4.69) is 9.47 Å². The zero-order valence-electron chi connectivity index (χ0n) is 12.5. The Labute approximate surface area is 140 Å². The van der Waals surface area contributed by atoms with Gasteiger partial charge in [-0.1, -0.05) is 30.3 Å². The molecule has 0 bridgehead atoms. The monoisotopic (exact) mass is 374 g/mol. The van der Waals surface area contributed by atoms with Crippen molar-refractivity contribution in [2.24, 2.45) is 0 Å². The van der Waals surface area contributed by atoms with Gasteiger partial charge in [0.25, 0.3) is 0 Å². The summed E-state index contributed by atoms with van der Waals surface area (Å²) in [4.78, 5) is 23.1. The van der Waals surface area contributed by atoms with Gasteiger partial charge in [0.2, 0.25) is 0 Å². The van der Waals surface area contributed by atoms with Crippen LogP contribution in [-0.4, -0.2) is 43.4 Å². The van der Waals surface area contributed by atoms with E-state index in [0.29, 0.717) is 0 Å². The molecule has 0 saturated carbocycles. The van der Waals surface area contributed by atoms with Crippen LogP contribution < -0.4 is 0 Å². The molecule has 2 aromatic rings. The maximum absolute atomic E-state index is 12.9. The normalized spacial score (nSPS) is 12.0. The van der Waals surface area contributed by atoms with Gasteiger partial charge in [-0.3, -0.25) is 4.55 Å². The average molecular weight is 374 g/mol. The molecule has 2 aromatic carbocycles. The molecule has 0 radical (unpaired) electrons. The highest BCUT2D eigenvalue weighted by atomic mass is 32.2. The Kier molecular flexibility index (Phi) is 5.33. The van der Waals surface area contributed by atoms with Crippen molar-refractivity contribution in [3.8, 4) is 0 Å². The molecule has 0 amide bonds. The van der Waals surface area contributed by atoms with Crippen molar-refractivity contribution in [2.75, 3.05) is 13.2 Å². The van der Waals surface area contributed by atoms with E-state index in [4.69, 9.17) is 4.55 Å². The molecule has 0 atom stereocenters. The first-order chi connectivity index (χ1) is 11.6. The fourth-order valence-electron chi connectivity index (χ4n) is 1.80. The summed E-state index contributed by atoms with van der Waals surface area (Å²) in [5.41, 5.74) is 0.134. The van der Waals surface area contributed by atoms with Gasteiger partial charge in [-0.05, 0) is 22.9 Å². The minimum atomic E-state index is -5.71. The molecule has 0 unspecified atom stereocenters. The number of carbonyl (C=O) groups excluding carboxylic acids is 2. The molecule has 0 aliphatic heterocycles. The van der Waals surface area contributed by atoms with Gasteiger partial charge in [-0.15, -0.1) is 0 Å². The summed E-state index contributed by atoms with van der Waals surface area (Å²) in [6, 6.07) is 11.8. The fourth-order valence-corrected chi connectivity index (χ4v) is 2.01. The van der Waals surface area contributed by atoms with Crippen LogP contribution in [0.3, 0.4) is 0 Å². The smallest absolute Gasteiger partial charge is 0.402 e. The highest BCUT2D eigenvalue weighted by Gasteiger charge is 2.45. The second kappa shape index (κ2) is 7.11. The first kappa shape index (κ1) is 18.7. The van der Waals surface area contributed by atoms with Gasteiger partial charge in [0.1, 0.15) is 0 Å². The summed E-state index contributed by atoms with van der Waals surface area (Å²) < 4.78 is 63.3. The Morgan fingerprint density at radius 1 is 1.04 bits per heavy atom. The zero-order valence-corrected chi connectivity index (χ0v) is 13.3. The Morgan fingerprint density at radius 2 is 1.68 bits per heavy atom. The van der Waals surface area contributed by atoms with Crippen molar-refractivity contribution in [3.05, 3.63) is 48.0 Å². The zero-order chi connectivity index (χ0) is 18.7. The Hall–Kier alpha value is -2.59. The lowest BCUT2D eigenvalue weighted by Gasteiger charge is -2.13. The molecular weight excluding hydrogens is 362 g/mol. The average Bonchev–Trinajstić information content (AvgIpc) is 2.56. The third-order valence-electron chi connectivity index (χ3n) is 3.08. The van der Waals surface area contributed by atoms with Crippen LogP contribution in [0.5, 0.6) is 0 Å². The maximum atomic E-state index is 12.9.